The number of likely N-dealkylation sites (tertiary alicyclic amines) is 1. The number of nitrogens with one attached hydrogen (secondary N) is 2. The van der Waals surface area contributed by atoms with E-state index in [0.29, 0.717) is 18.5 Å². The van der Waals surface area contributed by atoms with Gasteiger partial charge in [0, 0.05) is 6.04 Å². The van der Waals surface area contributed by atoms with E-state index in [9.17, 15) is 23.1 Å². The monoisotopic (exact) mass is 451 g/mol. The van der Waals surface area contributed by atoms with Crippen molar-refractivity contribution in [3.8, 4) is 0 Å². The molecule has 0 radical (unpaired) electrons. The van der Waals surface area contributed by atoms with Crippen LogP contribution in [0.3, 0.4) is 0 Å². The van der Waals surface area contributed by atoms with Gasteiger partial charge in [0.2, 0.25) is 0 Å². The average Bonchev–Trinajstić information content (AvgIpc) is 2.75. The van der Waals surface area contributed by atoms with Gasteiger partial charge in [-0.1, -0.05) is 33.8 Å². The quantitative estimate of drug-likeness (QED) is 0.568. The molecule has 32 heavy (non-hydrogen) atoms. The Bertz CT molecular complexity index is 946. The Morgan fingerprint density at radius 1 is 1.12 bits per heavy atom. The molecule has 3 rings (SSSR count). The van der Waals surface area contributed by atoms with Gasteiger partial charge < -0.3 is 20.6 Å². The van der Waals surface area contributed by atoms with Gasteiger partial charge in [-0.2, -0.15) is 0 Å². The third-order valence-corrected chi connectivity index (χ3v) is 5.43. The van der Waals surface area contributed by atoms with Crippen molar-refractivity contribution in [1.82, 2.24) is 10.2 Å². The molecule has 1 amide bonds. The second-order valence-electron chi connectivity index (χ2n) is 7.68. The molecule has 1 unspecified atom stereocenters. The van der Waals surface area contributed by atoms with Gasteiger partial charge >= 0.3 is 0 Å². The fraction of sp³-hybridized carbons (Fsp3) is 0.458. The average molecular weight is 452 g/mol. The maximum Gasteiger partial charge on any atom is 0.256 e. The first kappa shape index (κ1) is 25.7. The Labute approximate surface area is 187 Å². The molecule has 1 atom stereocenters. The maximum atomic E-state index is 14.5. The molecule has 3 N–H and O–H groups in total. The van der Waals surface area contributed by atoms with E-state index in [4.69, 9.17) is 0 Å². The fourth-order valence-corrected chi connectivity index (χ4v) is 3.82. The minimum absolute atomic E-state index is 0.0642. The zero-order valence-corrected chi connectivity index (χ0v) is 19.2. The lowest BCUT2D eigenvalue weighted by molar-refractivity contribution is -0.104. The largest absolute Gasteiger partial charge is 0.385 e. The third-order valence-electron chi connectivity index (χ3n) is 5.43. The number of aryl methyl sites for hydroxylation is 1. The predicted molar refractivity (Wildman–Crippen MR) is 121 cm³/mol. The molecule has 1 fully saturated rings. The molecule has 5 nitrogen and oxygen atoms in total. The summed E-state index contributed by atoms with van der Waals surface area (Å²) in [5.41, 5.74) is -1.06. The summed E-state index contributed by atoms with van der Waals surface area (Å²) in [4.78, 5) is 14.3. The van der Waals surface area contributed by atoms with Crippen LogP contribution in [0.25, 0.3) is 0 Å². The molecule has 2 aromatic rings. The van der Waals surface area contributed by atoms with Crippen molar-refractivity contribution in [3.05, 3.63) is 58.9 Å². The van der Waals surface area contributed by atoms with Gasteiger partial charge in [-0.05, 0) is 49.7 Å². The van der Waals surface area contributed by atoms with E-state index in [1.165, 1.54) is 17.0 Å². The Hall–Kier alpha value is -2.58. The van der Waals surface area contributed by atoms with Gasteiger partial charge in [0.15, 0.2) is 11.6 Å². The fourth-order valence-electron chi connectivity index (χ4n) is 3.82. The number of nitrogens with zero attached hydrogens (tertiary/aromatic N) is 1. The van der Waals surface area contributed by atoms with Crippen LogP contribution in [-0.2, 0) is 0 Å². The van der Waals surface area contributed by atoms with Crippen molar-refractivity contribution in [3.63, 3.8) is 0 Å². The van der Waals surface area contributed by atoms with Gasteiger partial charge in [0.05, 0.1) is 30.0 Å². The summed E-state index contributed by atoms with van der Waals surface area (Å²) >= 11 is 0. The van der Waals surface area contributed by atoms with E-state index in [1.54, 1.807) is 13.0 Å². The summed E-state index contributed by atoms with van der Waals surface area (Å²) in [5, 5.41) is 16.5. The molecule has 0 saturated carbocycles. The van der Waals surface area contributed by atoms with Gasteiger partial charge in [0.1, 0.15) is 11.4 Å². The van der Waals surface area contributed by atoms with Crippen LogP contribution < -0.4 is 10.6 Å². The number of benzene rings is 2. The third kappa shape index (κ3) is 5.24. The number of carbonyl (C=O) groups excluding carboxylic acids is 1. The van der Waals surface area contributed by atoms with Crippen molar-refractivity contribution < 1.29 is 23.1 Å². The van der Waals surface area contributed by atoms with Crippen molar-refractivity contribution in [2.75, 3.05) is 25.0 Å². The molecule has 1 aliphatic heterocycles. The molecule has 0 spiro atoms. The molecular formula is C24H32F3N3O2. The molecule has 2 aromatic carbocycles. The van der Waals surface area contributed by atoms with Crippen LogP contribution >= 0.6 is 0 Å². The minimum atomic E-state index is -1.27. The van der Waals surface area contributed by atoms with Crippen LogP contribution in [0.2, 0.25) is 0 Å². The van der Waals surface area contributed by atoms with E-state index < -0.39 is 34.6 Å². The summed E-state index contributed by atoms with van der Waals surface area (Å²) in [6, 6.07) is 6.10. The van der Waals surface area contributed by atoms with E-state index in [0.717, 1.165) is 12.1 Å². The van der Waals surface area contributed by atoms with Crippen LogP contribution in [0.1, 0.15) is 50.0 Å². The molecule has 8 heteroatoms. The Kier molecular flexibility index (Phi) is 8.69. The summed E-state index contributed by atoms with van der Waals surface area (Å²) in [7, 11) is 0. The highest BCUT2D eigenvalue weighted by atomic mass is 19.2. The highest BCUT2D eigenvalue weighted by Gasteiger charge is 2.48. The molecular weight excluding hydrogens is 419 g/mol. The topological polar surface area (TPSA) is 64.6 Å². The van der Waals surface area contributed by atoms with Crippen molar-refractivity contribution in [2.45, 2.75) is 52.7 Å². The van der Waals surface area contributed by atoms with Crippen molar-refractivity contribution in [1.29, 1.82) is 0 Å². The van der Waals surface area contributed by atoms with Crippen LogP contribution in [0, 0.1) is 24.4 Å². The lowest BCUT2D eigenvalue weighted by Crippen LogP contribution is -2.71. The van der Waals surface area contributed by atoms with Crippen LogP contribution in [0.15, 0.2) is 30.3 Å². The van der Waals surface area contributed by atoms with Crippen LogP contribution in [0.4, 0.5) is 24.5 Å². The molecule has 176 valence electrons. The molecule has 1 aliphatic rings. The van der Waals surface area contributed by atoms with Gasteiger partial charge in [-0.15, -0.1) is 0 Å². The van der Waals surface area contributed by atoms with Gasteiger partial charge in [-0.25, -0.2) is 13.2 Å². The standard InChI is InChI=1S/C22H26F3N3O2.C2H6/c1-4-18(26-5-2)22(30)11-28(12-22)21(29)14-7-8-15(23)19(25)20(14)27-17-9-6-13(3)10-16(17)24;1-2/h6-10,18,26-27,30H,4-5,11-12H2,1-3H3;1-2H3. The minimum Gasteiger partial charge on any atom is -0.385 e. The van der Waals surface area contributed by atoms with Crippen molar-refractivity contribution >= 4 is 17.3 Å². The number of amides is 1. The lowest BCUT2D eigenvalue weighted by Gasteiger charge is -2.50. The van der Waals surface area contributed by atoms with E-state index in [2.05, 4.69) is 10.6 Å². The molecule has 1 saturated heterocycles. The Balaban J connectivity index is 0.00000176. The smallest absolute Gasteiger partial charge is 0.256 e. The zero-order valence-electron chi connectivity index (χ0n) is 19.2. The molecule has 0 aliphatic carbocycles. The Morgan fingerprint density at radius 2 is 1.78 bits per heavy atom. The number of halogens is 3. The number of hydrogen-bond acceptors (Lipinski definition) is 4. The summed E-state index contributed by atoms with van der Waals surface area (Å²) in [6.07, 6.45) is 0.678. The summed E-state index contributed by atoms with van der Waals surface area (Å²) in [6.45, 7) is 10.4. The number of anilines is 2. The first-order valence-electron chi connectivity index (χ1n) is 11.0. The Morgan fingerprint density at radius 3 is 2.34 bits per heavy atom. The van der Waals surface area contributed by atoms with Gasteiger partial charge in [-0.3, -0.25) is 4.79 Å². The predicted octanol–water partition coefficient (Wildman–Crippen LogP) is 4.76. The number of carbonyl (C=O) groups is 1. The second kappa shape index (κ2) is 10.8. The second-order valence-corrected chi connectivity index (χ2v) is 7.68. The molecule has 0 bridgehead atoms. The first-order valence-corrected chi connectivity index (χ1v) is 11.0. The SMILES string of the molecule is CC.CCNC(CC)C1(O)CN(C(=O)c2ccc(F)c(F)c2Nc2ccc(C)cc2F)C1. The number of β-amino-alcohol motifs (C(OH)–C–C–N with tert-alkyl or cyclic N) is 1. The molecule has 1 heterocycles. The summed E-state index contributed by atoms with van der Waals surface area (Å²) in [5.74, 6) is -3.64. The number of likely N-dealkylation sites (N-methyl/N-ethyl adjacent to an activating group) is 1. The van der Waals surface area contributed by atoms with E-state index in [-0.39, 0.29) is 30.4 Å². The van der Waals surface area contributed by atoms with Crippen LogP contribution in [-0.4, -0.2) is 47.2 Å². The summed E-state index contributed by atoms with van der Waals surface area (Å²) < 4.78 is 42.6. The lowest BCUT2D eigenvalue weighted by atomic mass is 9.84. The normalized spacial score (nSPS) is 15.3. The highest BCUT2D eigenvalue weighted by molar-refractivity contribution is 6.01. The van der Waals surface area contributed by atoms with Crippen LogP contribution in [0.5, 0.6) is 0 Å². The van der Waals surface area contributed by atoms with E-state index in [1.807, 2.05) is 27.7 Å². The zero-order chi connectivity index (χ0) is 24.1. The highest BCUT2D eigenvalue weighted by Crippen LogP contribution is 2.33. The number of rotatable bonds is 7. The van der Waals surface area contributed by atoms with E-state index >= 15 is 0 Å². The first-order chi connectivity index (χ1) is 15.2. The number of hydrogen-bond donors (Lipinski definition) is 3. The number of aliphatic hydroxyl groups is 1. The maximum absolute atomic E-state index is 14.5. The van der Waals surface area contributed by atoms with Gasteiger partial charge in [0.25, 0.3) is 5.91 Å². The van der Waals surface area contributed by atoms with Crippen molar-refractivity contribution in [2.24, 2.45) is 0 Å². The molecule has 0 aromatic heterocycles.